The van der Waals surface area contributed by atoms with E-state index >= 15 is 0 Å². The molecule has 3 aromatic rings. The average molecular weight is 388 g/mol. The minimum absolute atomic E-state index is 0.175. The maximum Gasteiger partial charge on any atom is 0.263 e. The molecule has 1 aromatic carbocycles. The van der Waals surface area contributed by atoms with Gasteiger partial charge in [-0.2, -0.15) is 0 Å². The van der Waals surface area contributed by atoms with Gasteiger partial charge in [0.05, 0.1) is 23.8 Å². The van der Waals surface area contributed by atoms with Gasteiger partial charge in [0.2, 0.25) is 0 Å². The average Bonchev–Trinajstić information content (AvgIpc) is 3.26. The molecule has 1 aliphatic heterocycles. The van der Waals surface area contributed by atoms with Crippen LogP contribution in [-0.4, -0.2) is 58.6 Å². The number of anilines is 1. The lowest BCUT2D eigenvalue weighted by atomic mass is 10.3. The number of halogens is 1. The molecule has 1 N–H and O–H groups in total. The van der Waals surface area contributed by atoms with Crippen molar-refractivity contribution < 1.29 is 9.18 Å². The first-order valence-corrected chi connectivity index (χ1v) is 9.61. The molecule has 3 heterocycles. The Morgan fingerprint density at radius 1 is 1.26 bits per heavy atom. The van der Waals surface area contributed by atoms with Crippen LogP contribution in [0.15, 0.2) is 24.4 Å². The first-order valence-electron chi connectivity index (χ1n) is 8.79. The Labute approximate surface area is 160 Å². The summed E-state index contributed by atoms with van der Waals surface area (Å²) in [6.07, 6.45) is 1.62. The van der Waals surface area contributed by atoms with E-state index < -0.39 is 0 Å². The van der Waals surface area contributed by atoms with Crippen LogP contribution >= 0.6 is 11.3 Å². The number of hydrogen-bond donors (Lipinski definition) is 1. The zero-order valence-corrected chi connectivity index (χ0v) is 16.1. The fourth-order valence-electron chi connectivity index (χ4n) is 3.14. The molecule has 4 rings (SSSR count). The highest BCUT2D eigenvalue weighted by molar-refractivity contribution is 7.17. The molecule has 0 spiro atoms. The second kappa shape index (κ2) is 7.24. The number of aryl methyl sites for hydroxylation is 1. The van der Waals surface area contributed by atoms with E-state index in [1.54, 1.807) is 12.3 Å². The van der Waals surface area contributed by atoms with Crippen molar-refractivity contribution in [2.45, 2.75) is 6.54 Å². The van der Waals surface area contributed by atoms with Gasteiger partial charge in [0.25, 0.3) is 5.91 Å². The van der Waals surface area contributed by atoms with Gasteiger partial charge >= 0.3 is 0 Å². The summed E-state index contributed by atoms with van der Waals surface area (Å²) in [5.41, 5.74) is 1.41. The molecule has 0 bridgehead atoms. The van der Waals surface area contributed by atoms with Crippen molar-refractivity contribution in [3.63, 3.8) is 0 Å². The first-order chi connectivity index (χ1) is 13.0. The Balaban J connectivity index is 1.42. The van der Waals surface area contributed by atoms with Crippen LogP contribution in [0.25, 0.3) is 11.0 Å². The number of aromatic nitrogens is 3. The van der Waals surface area contributed by atoms with Crippen molar-refractivity contribution in [3.05, 3.63) is 40.9 Å². The normalized spacial score (nSPS) is 15.4. The van der Waals surface area contributed by atoms with Gasteiger partial charge in [-0.25, -0.2) is 14.4 Å². The van der Waals surface area contributed by atoms with Crippen LogP contribution < -0.4 is 10.2 Å². The monoisotopic (exact) mass is 388 g/mol. The Kier molecular flexibility index (Phi) is 4.79. The number of nitrogens with zero attached hydrogens (tertiary/aromatic N) is 5. The maximum atomic E-state index is 13.4. The number of thiazole rings is 1. The summed E-state index contributed by atoms with van der Waals surface area (Å²) in [5.74, 6) is 0.177. The highest BCUT2D eigenvalue weighted by Gasteiger charge is 2.19. The molecule has 0 radical (unpaired) electrons. The van der Waals surface area contributed by atoms with E-state index in [4.69, 9.17) is 0 Å². The molecule has 27 heavy (non-hydrogen) atoms. The van der Waals surface area contributed by atoms with Crippen LogP contribution in [0.1, 0.15) is 15.5 Å². The second-order valence-corrected chi connectivity index (χ2v) is 7.71. The third-order valence-corrected chi connectivity index (χ3v) is 5.89. The number of piperazine rings is 1. The molecule has 0 aliphatic carbocycles. The number of fused-ring (bicyclic) bond motifs is 1. The van der Waals surface area contributed by atoms with Crippen LogP contribution in [0.5, 0.6) is 0 Å². The fraction of sp³-hybridized carbons (Fsp3) is 0.389. The van der Waals surface area contributed by atoms with Crippen LogP contribution in [-0.2, 0) is 13.6 Å². The number of carbonyl (C=O) groups excluding carboxylic acids is 1. The van der Waals surface area contributed by atoms with Gasteiger partial charge in [-0.15, -0.1) is 0 Å². The van der Waals surface area contributed by atoms with Gasteiger partial charge in [0.15, 0.2) is 5.13 Å². The fourth-order valence-corrected chi connectivity index (χ4v) is 4.03. The number of nitrogens with one attached hydrogen (secondary N) is 1. The molecule has 1 fully saturated rings. The minimum atomic E-state index is -0.322. The molecule has 1 amide bonds. The third-order valence-electron chi connectivity index (χ3n) is 4.83. The molecule has 1 aliphatic rings. The van der Waals surface area contributed by atoms with Crippen molar-refractivity contribution in [2.75, 3.05) is 38.1 Å². The predicted molar refractivity (Wildman–Crippen MR) is 104 cm³/mol. The lowest BCUT2D eigenvalue weighted by molar-refractivity contribution is 0.0953. The molecule has 7 nitrogen and oxygen atoms in total. The van der Waals surface area contributed by atoms with Gasteiger partial charge in [-0.3, -0.25) is 4.79 Å². The van der Waals surface area contributed by atoms with E-state index in [2.05, 4.69) is 32.1 Å². The largest absolute Gasteiger partial charge is 0.346 e. The standard InChI is InChI=1S/C18H21FN6OS/c1-23-5-7-25(8-6-23)18-21-10-15(27-18)17(26)20-11-16-22-13-9-12(19)3-4-14(13)24(16)2/h3-4,9-10H,5-8,11H2,1-2H3,(H,20,26). The zero-order valence-electron chi connectivity index (χ0n) is 15.3. The molecule has 9 heteroatoms. The molecule has 2 aromatic heterocycles. The molecular weight excluding hydrogens is 367 g/mol. The van der Waals surface area contributed by atoms with Crippen molar-refractivity contribution >= 4 is 33.4 Å². The number of benzene rings is 1. The van der Waals surface area contributed by atoms with E-state index in [1.807, 2.05) is 11.6 Å². The number of imidazole rings is 1. The molecule has 1 saturated heterocycles. The number of amides is 1. The van der Waals surface area contributed by atoms with Gasteiger partial charge in [0, 0.05) is 39.3 Å². The summed E-state index contributed by atoms with van der Waals surface area (Å²) in [5, 5.41) is 3.76. The summed E-state index contributed by atoms with van der Waals surface area (Å²) in [6.45, 7) is 4.10. The van der Waals surface area contributed by atoms with Gasteiger partial charge in [-0.1, -0.05) is 11.3 Å². The molecule has 0 unspecified atom stereocenters. The summed E-state index contributed by atoms with van der Waals surface area (Å²) >= 11 is 1.40. The smallest absolute Gasteiger partial charge is 0.263 e. The van der Waals surface area contributed by atoms with Gasteiger partial charge in [0.1, 0.15) is 16.5 Å². The summed E-state index contributed by atoms with van der Waals surface area (Å²) in [7, 11) is 3.96. The molecule has 142 valence electrons. The lowest BCUT2D eigenvalue weighted by Gasteiger charge is -2.32. The predicted octanol–water partition coefficient (Wildman–Crippen LogP) is 1.85. The Hall–Kier alpha value is -2.52. The maximum absolute atomic E-state index is 13.4. The Morgan fingerprint density at radius 3 is 2.81 bits per heavy atom. The SMILES string of the molecule is CN1CCN(c2ncc(C(=O)NCc3nc4cc(F)ccc4n3C)s2)CC1. The van der Waals surface area contributed by atoms with Crippen LogP contribution in [0.2, 0.25) is 0 Å². The Morgan fingerprint density at radius 2 is 2.04 bits per heavy atom. The van der Waals surface area contributed by atoms with Crippen LogP contribution in [0.4, 0.5) is 9.52 Å². The van der Waals surface area contributed by atoms with Crippen LogP contribution in [0.3, 0.4) is 0 Å². The van der Waals surface area contributed by atoms with E-state index in [0.717, 1.165) is 36.8 Å². The van der Waals surface area contributed by atoms with Crippen molar-refractivity contribution in [1.82, 2.24) is 24.8 Å². The van der Waals surface area contributed by atoms with Gasteiger partial charge < -0.3 is 19.7 Å². The van der Waals surface area contributed by atoms with Crippen molar-refractivity contribution in [1.29, 1.82) is 0 Å². The topological polar surface area (TPSA) is 66.3 Å². The number of likely N-dealkylation sites (N-methyl/N-ethyl adjacent to an activating group) is 1. The molecule has 0 atom stereocenters. The lowest BCUT2D eigenvalue weighted by Crippen LogP contribution is -2.44. The van der Waals surface area contributed by atoms with E-state index in [1.165, 1.54) is 23.5 Å². The number of rotatable bonds is 4. The molecular formula is C18H21FN6OS. The van der Waals surface area contributed by atoms with Crippen molar-refractivity contribution in [2.24, 2.45) is 7.05 Å². The van der Waals surface area contributed by atoms with Crippen molar-refractivity contribution in [3.8, 4) is 0 Å². The van der Waals surface area contributed by atoms with E-state index in [0.29, 0.717) is 16.2 Å². The van der Waals surface area contributed by atoms with Crippen LogP contribution in [0, 0.1) is 5.82 Å². The number of carbonyl (C=O) groups is 1. The highest BCUT2D eigenvalue weighted by atomic mass is 32.1. The minimum Gasteiger partial charge on any atom is -0.346 e. The summed E-state index contributed by atoms with van der Waals surface area (Å²) in [4.78, 5) is 26.4. The summed E-state index contributed by atoms with van der Waals surface area (Å²) in [6, 6.07) is 4.49. The summed E-state index contributed by atoms with van der Waals surface area (Å²) < 4.78 is 15.2. The van der Waals surface area contributed by atoms with E-state index in [9.17, 15) is 9.18 Å². The quantitative estimate of drug-likeness (QED) is 0.739. The second-order valence-electron chi connectivity index (χ2n) is 6.70. The highest BCUT2D eigenvalue weighted by Crippen LogP contribution is 2.23. The first kappa shape index (κ1) is 17.9. The molecule has 0 saturated carbocycles. The van der Waals surface area contributed by atoms with Gasteiger partial charge in [-0.05, 0) is 19.2 Å². The zero-order chi connectivity index (χ0) is 19.0. The third kappa shape index (κ3) is 3.65. The van der Waals surface area contributed by atoms with E-state index in [-0.39, 0.29) is 18.3 Å². The Bertz CT molecular complexity index is 976. The number of hydrogen-bond acceptors (Lipinski definition) is 6.